The van der Waals surface area contributed by atoms with E-state index in [1.54, 1.807) is 6.07 Å². The van der Waals surface area contributed by atoms with Crippen molar-refractivity contribution in [2.75, 3.05) is 19.6 Å². The van der Waals surface area contributed by atoms with Crippen molar-refractivity contribution in [3.63, 3.8) is 0 Å². The van der Waals surface area contributed by atoms with Gasteiger partial charge in [-0.05, 0) is 49.5 Å². The molecular weight excluding hydrogens is 231 g/mol. The highest BCUT2D eigenvalue weighted by Crippen LogP contribution is 2.33. The highest BCUT2D eigenvalue weighted by atomic mass is 19.1. The molecule has 1 atom stereocenters. The normalized spacial score (nSPS) is 25.3. The van der Waals surface area contributed by atoms with Crippen molar-refractivity contribution in [1.29, 1.82) is 0 Å². The summed E-state index contributed by atoms with van der Waals surface area (Å²) in [6.07, 6.45) is 1.69. The topological polar surface area (TPSA) is 35.5 Å². The first-order valence-corrected chi connectivity index (χ1v) is 6.65. The van der Waals surface area contributed by atoms with Gasteiger partial charge in [0.15, 0.2) is 0 Å². The zero-order chi connectivity index (χ0) is 12.5. The predicted octanol–water partition coefficient (Wildman–Crippen LogP) is 1.63. The van der Waals surface area contributed by atoms with Crippen LogP contribution in [0.3, 0.4) is 0 Å². The van der Waals surface area contributed by atoms with E-state index in [1.807, 2.05) is 0 Å². The van der Waals surface area contributed by atoms with Crippen LogP contribution in [-0.2, 0) is 6.54 Å². The first-order valence-electron chi connectivity index (χ1n) is 6.65. The average molecular weight is 250 g/mol. The number of fused-ring (bicyclic) bond motifs is 1. The maximum Gasteiger partial charge on any atom is 0.134 e. The molecule has 1 saturated heterocycles. The summed E-state index contributed by atoms with van der Waals surface area (Å²) in [5.74, 6) is 0.372. The number of hydrogen-bond donors (Lipinski definition) is 2. The highest BCUT2D eigenvalue weighted by molar-refractivity contribution is 5.33. The van der Waals surface area contributed by atoms with Crippen molar-refractivity contribution in [3.8, 4) is 0 Å². The van der Waals surface area contributed by atoms with E-state index in [9.17, 15) is 9.50 Å². The summed E-state index contributed by atoms with van der Waals surface area (Å²) in [5, 5.41) is 13.6. The first kappa shape index (κ1) is 12.1. The number of benzene rings is 1. The zero-order valence-electron chi connectivity index (χ0n) is 10.4. The van der Waals surface area contributed by atoms with E-state index in [1.165, 1.54) is 12.1 Å². The Labute approximate surface area is 107 Å². The van der Waals surface area contributed by atoms with E-state index in [2.05, 4.69) is 10.2 Å². The van der Waals surface area contributed by atoms with E-state index in [0.717, 1.165) is 50.1 Å². The second-order valence-electron chi connectivity index (χ2n) is 5.34. The molecule has 4 heteroatoms. The lowest BCUT2D eigenvalue weighted by molar-refractivity contribution is 0.000292. The third kappa shape index (κ3) is 2.28. The van der Waals surface area contributed by atoms with Crippen molar-refractivity contribution in [2.45, 2.75) is 25.6 Å². The Kier molecular flexibility index (Phi) is 3.33. The van der Waals surface area contributed by atoms with E-state index in [4.69, 9.17) is 0 Å². The summed E-state index contributed by atoms with van der Waals surface area (Å²) < 4.78 is 13.2. The van der Waals surface area contributed by atoms with Crippen LogP contribution in [0.15, 0.2) is 18.2 Å². The van der Waals surface area contributed by atoms with Crippen molar-refractivity contribution in [2.24, 2.45) is 5.92 Å². The minimum atomic E-state index is -0.634. The van der Waals surface area contributed by atoms with Crippen LogP contribution in [0.25, 0.3) is 0 Å². The minimum absolute atomic E-state index is 0.267. The van der Waals surface area contributed by atoms with Crippen LogP contribution in [0, 0.1) is 11.7 Å². The molecule has 0 aromatic heterocycles. The molecule has 0 bridgehead atoms. The molecule has 2 heterocycles. The van der Waals surface area contributed by atoms with Gasteiger partial charge >= 0.3 is 0 Å². The lowest BCUT2D eigenvalue weighted by Crippen LogP contribution is -2.35. The van der Waals surface area contributed by atoms with Crippen LogP contribution in [0.4, 0.5) is 4.39 Å². The number of halogens is 1. The summed E-state index contributed by atoms with van der Waals surface area (Å²) in [4.78, 5) is 2.06. The third-order valence-electron chi connectivity index (χ3n) is 4.06. The Hall–Kier alpha value is -0.970. The van der Waals surface area contributed by atoms with Gasteiger partial charge < -0.3 is 10.4 Å². The molecule has 0 spiro atoms. The van der Waals surface area contributed by atoms with Crippen molar-refractivity contribution >= 4 is 0 Å². The fourth-order valence-electron chi connectivity index (χ4n) is 3.01. The molecule has 3 nitrogen and oxygen atoms in total. The molecule has 0 amide bonds. The van der Waals surface area contributed by atoms with Crippen LogP contribution >= 0.6 is 0 Å². The second-order valence-corrected chi connectivity index (χ2v) is 5.34. The molecule has 2 N–H and O–H groups in total. The van der Waals surface area contributed by atoms with Crippen molar-refractivity contribution in [3.05, 3.63) is 35.1 Å². The number of nitrogens with one attached hydrogen (secondary N) is 1. The van der Waals surface area contributed by atoms with Crippen LogP contribution in [0.2, 0.25) is 0 Å². The molecule has 2 aliphatic heterocycles. The van der Waals surface area contributed by atoms with Gasteiger partial charge in [-0.1, -0.05) is 6.07 Å². The Morgan fingerprint density at radius 1 is 1.33 bits per heavy atom. The number of rotatable bonds is 2. The number of hydrogen-bond acceptors (Lipinski definition) is 3. The predicted molar refractivity (Wildman–Crippen MR) is 67.4 cm³/mol. The molecule has 0 saturated carbocycles. The number of aliphatic hydroxyl groups is 1. The van der Waals surface area contributed by atoms with Gasteiger partial charge in [0, 0.05) is 18.7 Å². The van der Waals surface area contributed by atoms with Gasteiger partial charge in [-0.15, -0.1) is 0 Å². The molecule has 1 aromatic rings. The largest absolute Gasteiger partial charge is 0.374 e. The van der Waals surface area contributed by atoms with Gasteiger partial charge in [0.2, 0.25) is 0 Å². The van der Waals surface area contributed by atoms with Crippen molar-refractivity contribution < 1.29 is 9.50 Å². The summed E-state index contributed by atoms with van der Waals surface area (Å²) in [7, 11) is 0. The van der Waals surface area contributed by atoms with Crippen LogP contribution in [-0.4, -0.2) is 29.6 Å². The highest BCUT2D eigenvalue weighted by Gasteiger charge is 2.30. The molecule has 18 heavy (non-hydrogen) atoms. The maximum absolute atomic E-state index is 13.2. The minimum Gasteiger partial charge on any atom is -0.374 e. The Balaban J connectivity index is 1.69. The molecule has 1 fully saturated rings. The zero-order valence-corrected chi connectivity index (χ0v) is 10.4. The fourth-order valence-corrected chi connectivity index (χ4v) is 3.01. The quantitative estimate of drug-likeness (QED) is 0.837. The van der Waals surface area contributed by atoms with E-state index < -0.39 is 6.23 Å². The van der Waals surface area contributed by atoms with Crippen LogP contribution in [0.1, 0.15) is 30.2 Å². The van der Waals surface area contributed by atoms with Crippen LogP contribution < -0.4 is 5.32 Å². The van der Waals surface area contributed by atoms with Crippen LogP contribution in [0.5, 0.6) is 0 Å². The summed E-state index contributed by atoms with van der Waals surface area (Å²) in [6.45, 7) is 3.77. The molecule has 0 aliphatic carbocycles. The summed E-state index contributed by atoms with van der Waals surface area (Å²) >= 11 is 0. The number of nitrogens with zero attached hydrogens (tertiary/aromatic N) is 1. The summed E-state index contributed by atoms with van der Waals surface area (Å²) in [5.41, 5.74) is 1.79. The van der Waals surface area contributed by atoms with Gasteiger partial charge in [0.25, 0.3) is 0 Å². The van der Waals surface area contributed by atoms with Gasteiger partial charge in [0.05, 0.1) is 0 Å². The fraction of sp³-hybridized carbons (Fsp3) is 0.571. The maximum atomic E-state index is 13.2. The Morgan fingerprint density at radius 2 is 2.11 bits per heavy atom. The monoisotopic (exact) mass is 250 g/mol. The Bertz CT molecular complexity index is 432. The Morgan fingerprint density at radius 3 is 2.89 bits per heavy atom. The summed E-state index contributed by atoms with van der Waals surface area (Å²) in [6, 6.07) is 4.72. The smallest absolute Gasteiger partial charge is 0.134 e. The molecule has 0 radical (unpaired) electrons. The second kappa shape index (κ2) is 4.96. The SMILES string of the molecule is OC1c2cc(F)ccc2CN1CC1CCNCC1. The van der Waals surface area contributed by atoms with E-state index in [0.29, 0.717) is 5.92 Å². The van der Waals surface area contributed by atoms with Gasteiger partial charge in [-0.2, -0.15) is 0 Å². The number of piperidine rings is 1. The average Bonchev–Trinajstić information content (AvgIpc) is 2.68. The molecule has 3 rings (SSSR count). The molecule has 98 valence electrons. The van der Waals surface area contributed by atoms with E-state index in [-0.39, 0.29) is 5.82 Å². The molecule has 2 aliphatic rings. The molecular formula is C14H19FN2O. The van der Waals surface area contributed by atoms with Crippen molar-refractivity contribution in [1.82, 2.24) is 10.2 Å². The van der Waals surface area contributed by atoms with E-state index >= 15 is 0 Å². The molecule has 1 unspecified atom stereocenters. The first-order chi connectivity index (χ1) is 8.74. The van der Waals surface area contributed by atoms with Gasteiger partial charge in [-0.3, -0.25) is 4.90 Å². The number of aliphatic hydroxyl groups excluding tert-OH is 1. The third-order valence-corrected chi connectivity index (χ3v) is 4.06. The molecule has 1 aromatic carbocycles. The lowest BCUT2D eigenvalue weighted by Gasteiger charge is -2.29. The standard InChI is InChI=1S/C14H19FN2O/c15-12-2-1-11-9-17(14(18)13(11)7-12)8-10-3-5-16-6-4-10/h1-2,7,10,14,16,18H,3-6,8-9H2. The lowest BCUT2D eigenvalue weighted by atomic mass is 9.97. The van der Waals surface area contributed by atoms with Gasteiger partial charge in [-0.25, -0.2) is 4.39 Å². The van der Waals surface area contributed by atoms with Gasteiger partial charge in [0.1, 0.15) is 12.0 Å².